The average Bonchev–Trinajstić information content (AvgIpc) is 2.74. The van der Waals surface area contributed by atoms with E-state index in [1.165, 1.54) is 12.1 Å². The number of fused-ring (bicyclic) bond motifs is 1. The number of aryl methyl sites for hydroxylation is 1. The molecule has 6 heteroatoms. The van der Waals surface area contributed by atoms with Crippen LogP contribution in [0.5, 0.6) is 0 Å². The predicted molar refractivity (Wildman–Crippen MR) is 66.0 cm³/mol. The van der Waals surface area contributed by atoms with Crippen molar-refractivity contribution in [2.75, 3.05) is 5.32 Å². The maximum Gasteiger partial charge on any atom is 0.229 e. The fourth-order valence-corrected chi connectivity index (χ4v) is 1.64. The van der Waals surface area contributed by atoms with Crippen LogP contribution < -0.4 is 5.32 Å². The molecule has 2 heterocycles. The van der Waals surface area contributed by atoms with Crippen LogP contribution in [-0.4, -0.2) is 19.5 Å². The van der Waals surface area contributed by atoms with Crippen molar-refractivity contribution in [1.29, 1.82) is 0 Å². The number of hydrogen-bond acceptors (Lipinski definition) is 4. The van der Waals surface area contributed by atoms with Crippen molar-refractivity contribution in [3.8, 4) is 0 Å². The van der Waals surface area contributed by atoms with Gasteiger partial charge in [0.25, 0.3) is 0 Å². The number of nitrogens with one attached hydrogen (secondary N) is 1. The van der Waals surface area contributed by atoms with E-state index in [2.05, 4.69) is 20.3 Å². The minimum absolute atomic E-state index is 0.274. The SMILES string of the molecule is Cn1cnc2cnc(Nc3ccc(F)cc3)nc21. The predicted octanol–water partition coefficient (Wildman–Crippen LogP) is 2.25. The molecule has 0 saturated heterocycles. The van der Waals surface area contributed by atoms with Crippen LogP contribution in [0, 0.1) is 5.82 Å². The van der Waals surface area contributed by atoms with E-state index in [1.54, 1.807) is 24.7 Å². The second-order valence-electron chi connectivity index (χ2n) is 3.89. The first-order chi connectivity index (χ1) is 8.72. The lowest BCUT2D eigenvalue weighted by Gasteiger charge is -2.04. The number of halogens is 1. The van der Waals surface area contributed by atoms with Gasteiger partial charge in [0.1, 0.15) is 11.3 Å². The van der Waals surface area contributed by atoms with E-state index in [0.717, 1.165) is 16.9 Å². The lowest BCUT2D eigenvalue weighted by molar-refractivity contribution is 0.628. The zero-order valence-corrected chi connectivity index (χ0v) is 9.63. The summed E-state index contributed by atoms with van der Waals surface area (Å²) < 4.78 is 14.6. The molecule has 0 saturated carbocycles. The lowest BCUT2D eigenvalue weighted by Crippen LogP contribution is -1.98. The second-order valence-corrected chi connectivity index (χ2v) is 3.89. The summed E-state index contributed by atoms with van der Waals surface area (Å²) in [6, 6.07) is 6.02. The van der Waals surface area contributed by atoms with Crippen molar-refractivity contribution in [3.05, 3.63) is 42.6 Å². The normalized spacial score (nSPS) is 10.8. The zero-order chi connectivity index (χ0) is 12.5. The number of benzene rings is 1. The molecule has 1 aromatic carbocycles. The third-order valence-electron chi connectivity index (χ3n) is 2.55. The first kappa shape index (κ1) is 10.6. The highest BCUT2D eigenvalue weighted by atomic mass is 19.1. The van der Waals surface area contributed by atoms with Crippen LogP contribution in [0.4, 0.5) is 16.0 Å². The van der Waals surface area contributed by atoms with Crippen molar-refractivity contribution >= 4 is 22.8 Å². The van der Waals surface area contributed by atoms with E-state index in [4.69, 9.17) is 0 Å². The van der Waals surface area contributed by atoms with Crippen molar-refractivity contribution in [3.63, 3.8) is 0 Å². The quantitative estimate of drug-likeness (QED) is 0.750. The van der Waals surface area contributed by atoms with Gasteiger partial charge in [0, 0.05) is 12.7 Å². The minimum atomic E-state index is -0.274. The van der Waals surface area contributed by atoms with Gasteiger partial charge in [-0.2, -0.15) is 4.98 Å². The molecule has 0 aliphatic rings. The van der Waals surface area contributed by atoms with Crippen LogP contribution in [0.3, 0.4) is 0 Å². The Morgan fingerprint density at radius 1 is 1.17 bits per heavy atom. The molecule has 0 amide bonds. The molecule has 0 aliphatic carbocycles. The van der Waals surface area contributed by atoms with Gasteiger partial charge in [-0.15, -0.1) is 0 Å². The van der Waals surface area contributed by atoms with Gasteiger partial charge in [-0.3, -0.25) is 0 Å². The van der Waals surface area contributed by atoms with E-state index in [1.807, 2.05) is 11.6 Å². The van der Waals surface area contributed by atoms with Crippen molar-refractivity contribution in [1.82, 2.24) is 19.5 Å². The monoisotopic (exact) mass is 243 g/mol. The molecule has 0 radical (unpaired) electrons. The molecule has 0 spiro atoms. The molecule has 0 bridgehead atoms. The molecule has 18 heavy (non-hydrogen) atoms. The van der Waals surface area contributed by atoms with Gasteiger partial charge in [-0.25, -0.2) is 14.4 Å². The van der Waals surface area contributed by atoms with Crippen LogP contribution in [0.2, 0.25) is 0 Å². The lowest BCUT2D eigenvalue weighted by atomic mass is 10.3. The highest BCUT2D eigenvalue weighted by Crippen LogP contribution is 2.15. The molecule has 0 fully saturated rings. The topological polar surface area (TPSA) is 55.6 Å². The first-order valence-corrected chi connectivity index (χ1v) is 5.39. The van der Waals surface area contributed by atoms with Crippen LogP contribution in [0.25, 0.3) is 11.2 Å². The minimum Gasteiger partial charge on any atom is -0.324 e. The molecular formula is C12H10FN5. The van der Waals surface area contributed by atoms with Gasteiger partial charge < -0.3 is 9.88 Å². The Bertz CT molecular complexity index is 689. The molecule has 90 valence electrons. The van der Waals surface area contributed by atoms with E-state index in [-0.39, 0.29) is 5.82 Å². The van der Waals surface area contributed by atoms with Crippen LogP contribution in [-0.2, 0) is 7.05 Å². The summed E-state index contributed by atoms with van der Waals surface area (Å²) in [6.07, 6.45) is 3.33. The number of nitrogens with zero attached hydrogens (tertiary/aromatic N) is 4. The molecule has 3 rings (SSSR count). The summed E-state index contributed by atoms with van der Waals surface area (Å²) in [4.78, 5) is 12.6. The maximum atomic E-state index is 12.8. The van der Waals surface area contributed by atoms with Crippen LogP contribution >= 0.6 is 0 Å². The van der Waals surface area contributed by atoms with E-state index in [9.17, 15) is 4.39 Å². The summed E-state index contributed by atoms with van der Waals surface area (Å²) in [5, 5.41) is 3.01. The van der Waals surface area contributed by atoms with Gasteiger partial charge in [-0.1, -0.05) is 0 Å². The fraction of sp³-hybridized carbons (Fsp3) is 0.0833. The standard InChI is InChI=1S/C12H10FN5/c1-18-7-15-10-6-14-12(17-11(10)18)16-9-4-2-8(13)3-5-9/h2-7H,1H3,(H,14,16,17). The van der Waals surface area contributed by atoms with E-state index in [0.29, 0.717) is 5.95 Å². The van der Waals surface area contributed by atoms with Crippen molar-refractivity contribution in [2.45, 2.75) is 0 Å². The van der Waals surface area contributed by atoms with E-state index < -0.39 is 0 Å². The Morgan fingerprint density at radius 2 is 1.94 bits per heavy atom. The third kappa shape index (κ3) is 1.88. The Labute approximate surface area is 102 Å². The van der Waals surface area contributed by atoms with Crippen LogP contribution in [0.1, 0.15) is 0 Å². The van der Waals surface area contributed by atoms with Crippen LogP contribution in [0.15, 0.2) is 36.8 Å². The summed E-state index contributed by atoms with van der Waals surface area (Å²) in [7, 11) is 1.87. The number of hydrogen-bond donors (Lipinski definition) is 1. The summed E-state index contributed by atoms with van der Waals surface area (Å²) >= 11 is 0. The largest absolute Gasteiger partial charge is 0.324 e. The van der Waals surface area contributed by atoms with Crippen molar-refractivity contribution < 1.29 is 4.39 Å². The zero-order valence-electron chi connectivity index (χ0n) is 9.63. The van der Waals surface area contributed by atoms with E-state index >= 15 is 0 Å². The Balaban J connectivity index is 1.94. The van der Waals surface area contributed by atoms with Crippen molar-refractivity contribution in [2.24, 2.45) is 7.05 Å². The molecule has 1 N–H and O–H groups in total. The molecule has 0 aliphatic heterocycles. The summed E-state index contributed by atoms with van der Waals surface area (Å²) in [5.41, 5.74) is 2.22. The Morgan fingerprint density at radius 3 is 2.72 bits per heavy atom. The molecule has 5 nitrogen and oxygen atoms in total. The third-order valence-corrected chi connectivity index (χ3v) is 2.55. The van der Waals surface area contributed by atoms with Gasteiger partial charge >= 0.3 is 0 Å². The number of rotatable bonds is 2. The van der Waals surface area contributed by atoms with Gasteiger partial charge in [-0.05, 0) is 24.3 Å². The molecule has 3 aromatic rings. The summed E-state index contributed by atoms with van der Waals surface area (Å²) in [5.74, 6) is 0.182. The number of imidazole rings is 1. The Hall–Kier alpha value is -2.50. The first-order valence-electron chi connectivity index (χ1n) is 5.39. The summed E-state index contributed by atoms with van der Waals surface area (Å²) in [6.45, 7) is 0. The maximum absolute atomic E-state index is 12.8. The Kier molecular flexibility index (Phi) is 2.40. The smallest absolute Gasteiger partial charge is 0.229 e. The van der Waals surface area contributed by atoms with Gasteiger partial charge in [0.05, 0.1) is 12.5 Å². The van der Waals surface area contributed by atoms with Gasteiger partial charge in [0.15, 0.2) is 5.65 Å². The number of anilines is 2. The molecule has 0 atom stereocenters. The molecule has 2 aromatic heterocycles. The second kappa shape index (κ2) is 4.06. The average molecular weight is 243 g/mol. The highest BCUT2D eigenvalue weighted by Gasteiger charge is 2.04. The fourth-order valence-electron chi connectivity index (χ4n) is 1.64. The highest BCUT2D eigenvalue weighted by molar-refractivity contribution is 5.71. The molecule has 0 unspecified atom stereocenters. The molecular weight excluding hydrogens is 233 g/mol. The number of aromatic nitrogens is 4. The van der Waals surface area contributed by atoms with Gasteiger partial charge in [0.2, 0.25) is 5.95 Å².